The Balaban J connectivity index is 2.05. The van der Waals surface area contributed by atoms with E-state index in [2.05, 4.69) is 10.1 Å². The van der Waals surface area contributed by atoms with Gasteiger partial charge in [0, 0.05) is 11.8 Å². The molecular formula is C13H18N4O2. The normalized spacial score (nSPS) is 18.8. The summed E-state index contributed by atoms with van der Waals surface area (Å²) < 4.78 is 3.17. The maximum atomic E-state index is 11.8. The molecule has 2 aromatic rings. The number of aromatic nitrogens is 4. The second-order valence-corrected chi connectivity index (χ2v) is 5.47. The minimum absolute atomic E-state index is 0.183. The fraction of sp³-hybridized carbons (Fsp3) is 0.615. The van der Waals surface area contributed by atoms with Gasteiger partial charge in [-0.3, -0.25) is 4.79 Å². The molecule has 0 spiro atoms. The SMILES string of the molecule is Cc1cc(=O)n2ncnc2n1CC1(O)CCCCC1. The monoisotopic (exact) mass is 262 g/mol. The number of aliphatic hydroxyl groups is 1. The Bertz CT molecular complexity index is 652. The second-order valence-electron chi connectivity index (χ2n) is 5.47. The zero-order valence-corrected chi connectivity index (χ0v) is 11.0. The average molecular weight is 262 g/mol. The van der Waals surface area contributed by atoms with Gasteiger partial charge in [0.2, 0.25) is 5.78 Å². The number of fused-ring (bicyclic) bond motifs is 1. The molecule has 6 nitrogen and oxygen atoms in total. The summed E-state index contributed by atoms with van der Waals surface area (Å²) >= 11 is 0. The molecule has 3 rings (SSSR count). The Kier molecular flexibility index (Phi) is 2.89. The zero-order chi connectivity index (χ0) is 13.5. The fourth-order valence-electron chi connectivity index (χ4n) is 2.91. The van der Waals surface area contributed by atoms with E-state index in [1.165, 1.54) is 23.3 Å². The van der Waals surface area contributed by atoms with Gasteiger partial charge < -0.3 is 9.67 Å². The van der Waals surface area contributed by atoms with Gasteiger partial charge in [0.15, 0.2) is 0 Å². The molecule has 0 bridgehead atoms. The van der Waals surface area contributed by atoms with Crippen LogP contribution in [-0.4, -0.2) is 29.9 Å². The van der Waals surface area contributed by atoms with Crippen molar-refractivity contribution in [1.82, 2.24) is 19.2 Å². The van der Waals surface area contributed by atoms with Gasteiger partial charge >= 0.3 is 0 Å². The van der Waals surface area contributed by atoms with E-state index in [0.717, 1.165) is 31.4 Å². The highest BCUT2D eigenvalue weighted by atomic mass is 16.3. The first kappa shape index (κ1) is 12.3. The molecule has 0 unspecified atom stereocenters. The molecule has 0 aromatic carbocycles. The van der Waals surface area contributed by atoms with Gasteiger partial charge in [-0.05, 0) is 19.8 Å². The van der Waals surface area contributed by atoms with Crippen molar-refractivity contribution in [3.63, 3.8) is 0 Å². The van der Waals surface area contributed by atoms with Crippen LogP contribution in [0.15, 0.2) is 17.2 Å². The third-order valence-corrected chi connectivity index (χ3v) is 3.97. The molecule has 6 heteroatoms. The van der Waals surface area contributed by atoms with E-state index >= 15 is 0 Å². The van der Waals surface area contributed by atoms with E-state index in [9.17, 15) is 9.90 Å². The first-order valence-corrected chi connectivity index (χ1v) is 6.72. The van der Waals surface area contributed by atoms with Crippen LogP contribution in [0.25, 0.3) is 5.78 Å². The molecule has 2 aromatic heterocycles. The van der Waals surface area contributed by atoms with Gasteiger partial charge in [0.05, 0.1) is 12.1 Å². The third-order valence-electron chi connectivity index (χ3n) is 3.97. The van der Waals surface area contributed by atoms with Gasteiger partial charge in [0.1, 0.15) is 6.33 Å². The second kappa shape index (κ2) is 4.45. The van der Waals surface area contributed by atoms with Crippen molar-refractivity contribution in [3.05, 3.63) is 28.4 Å². The van der Waals surface area contributed by atoms with Gasteiger partial charge in [-0.25, -0.2) is 0 Å². The topological polar surface area (TPSA) is 72.4 Å². The lowest BCUT2D eigenvalue weighted by Gasteiger charge is -2.33. The Morgan fingerprint density at radius 2 is 2.11 bits per heavy atom. The molecule has 0 radical (unpaired) electrons. The van der Waals surface area contributed by atoms with E-state index in [1.54, 1.807) is 0 Å². The van der Waals surface area contributed by atoms with E-state index in [-0.39, 0.29) is 5.56 Å². The average Bonchev–Trinajstić information content (AvgIpc) is 2.85. The third kappa shape index (κ3) is 2.16. The van der Waals surface area contributed by atoms with Crippen molar-refractivity contribution in [1.29, 1.82) is 0 Å². The molecular weight excluding hydrogens is 244 g/mol. The van der Waals surface area contributed by atoms with Crippen LogP contribution >= 0.6 is 0 Å². The smallest absolute Gasteiger partial charge is 0.275 e. The lowest BCUT2D eigenvalue weighted by molar-refractivity contribution is -0.0114. The van der Waals surface area contributed by atoms with Crippen LogP contribution in [0, 0.1) is 6.92 Å². The first-order chi connectivity index (χ1) is 9.09. The summed E-state index contributed by atoms with van der Waals surface area (Å²) in [5.41, 5.74) is -0.0637. The van der Waals surface area contributed by atoms with Crippen molar-refractivity contribution in [2.45, 2.75) is 51.2 Å². The van der Waals surface area contributed by atoms with E-state index < -0.39 is 5.60 Å². The van der Waals surface area contributed by atoms with Crippen molar-refractivity contribution in [2.75, 3.05) is 0 Å². The molecule has 0 saturated heterocycles. The molecule has 0 aliphatic heterocycles. The van der Waals surface area contributed by atoms with Crippen LogP contribution < -0.4 is 5.56 Å². The highest BCUT2D eigenvalue weighted by Gasteiger charge is 2.30. The van der Waals surface area contributed by atoms with Gasteiger partial charge in [-0.1, -0.05) is 19.3 Å². The molecule has 19 heavy (non-hydrogen) atoms. The van der Waals surface area contributed by atoms with Gasteiger partial charge in [0.25, 0.3) is 5.56 Å². The first-order valence-electron chi connectivity index (χ1n) is 6.72. The van der Waals surface area contributed by atoms with Gasteiger partial charge in [-0.2, -0.15) is 14.6 Å². The van der Waals surface area contributed by atoms with Crippen LogP contribution in [0.5, 0.6) is 0 Å². The predicted octanol–water partition coefficient (Wildman–Crippen LogP) is 0.895. The maximum absolute atomic E-state index is 11.8. The van der Waals surface area contributed by atoms with Gasteiger partial charge in [-0.15, -0.1) is 0 Å². The van der Waals surface area contributed by atoms with Crippen LogP contribution in [0.3, 0.4) is 0 Å². The summed E-state index contributed by atoms with van der Waals surface area (Å²) in [5.74, 6) is 0.504. The molecule has 2 heterocycles. The largest absolute Gasteiger partial charge is 0.388 e. The number of rotatable bonds is 2. The van der Waals surface area contributed by atoms with E-state index in [0.29, 0.717) is 12.3 Å². The Morgan fingerprint density at radius 3 is 2.84 bits per heavy atom. The Hall–Kier alpha value is -1.69. The van der Waals surface area contributed by atoms with E-state index in [4.69, 9.17) is 0 Å². The quantitative estimate of drug-likeness (QED) is 0.872. The summed E-state index contributed by atoms with van der Waals surface area (Å²) in [6.07, 6.45) is 6.28. The minimum Gasteiger partial charge on any atom is -0.388 e. The lowest BCUT2D eigenvalue weighted by atomic mass is 9.85. The van der Waals surface area contributed by atoms with Crippen molar-refractivity contribution >= 4 is 5.78 Å². The lowest BCUT2D eigenvalue weighted by Crippen LogP contribution is -2.38. The molecule has 0 amide bonds. The Morgan fingerprint density at radius 1 is 1.37 bits per heavy atom. The number of hydrogen-bond acceptors (Lipinski definition) is 4. The van der Waals surface area contributed by atoms with E-state index in [1.807, 2.05) is 11.5 Å². The highest BCUT2D eigenvalue weighted by molar-refractivity contribution is 5.29. The minimum atomic E-state index is -0.690. The summed E-state index contributed by atoms with van der Waals surface area (Å²) in [7, 11) is 0. The predicted molar refractivity (Wildman–Crippen MR) is 70.0 cm³/mol. The maximum Gasteiger partial charge on any atom is 0.275 e. The highest BCUT2D eigenvalue weighted by Crippen LogP contribution is 2.30. The standard InChI is InChI=1S/C13H18N4O2/c1-10-7-11(18)17-12(14-9-15-17)16(10)8-13(19)5-3-2-4-6-13/h7,9,19H,2-6,8H2,1H3. The molecule has 102 valence electrons. The van der Waals surface area contributed by atoms with Crippen molar-refractivity contribution < 1.29 is 5.11 Å². The van der Waals surface area contributed by atoms with Crippen molar-refractivity contribution in [2.24, 2.45) is 0 Å². The summed E-state index contributed by atoms with van der Waals surface area (Å²) in [4.78, 5) is 15.9. The number of nitrogens with zero attached hydrogens (tertiary/aromatic N) is 4. The molecule has 1 N–H and O–H groups in total. The van der Waals surface area contributed by atoms with Crippen LogP contribution in [0.2, 0.25) is 0 Å². The number of aryl methyl sites for hydroxylation is 1. The molecule has 1 fully saturated rings. The van der Waals surface area contributed by atoms with Crippen molar-refractivity contribution in [3.8, 4) is 0 Å². The van der Waals surface area contributed by atoms with Crippen LogP contribution in [0.4, 0.5) is 0 Å². The fourth-order valence-corrected chi connectivity index (χ4v) is 2.91. The van der Waals surface area contributed by atoms with Crippen LogP contribution in [-0.2, 0) is 6.54 Å². The summed E-state index contributed by atoms with van der Waals surface area (Å²) in [6.45, 7) is 2.34. The number of hydrogen-bond donors (Lipinski definition) is 1. The zero-order valence-electron chi connectivity index (χ0n) is 11.0. The summed E-state index contributed by atoms with van der Waals surface area (Å²) in [6, 6.07) is 1.54. The van der Waals surface area contributed by atoms with Crippen LogP contribution in [0.1, 0.15) is 37.8 Å². The Labute approximate surface area is 110 Å². The molecule has 1 aliphatic carbocycles. The molecule has 1 aliphatic rings. The summed E-state index contributed by atoms with van der Waals surface area (Å²) in [5, 5.41) is 14.6. The molecule has 0 atom stereocenters. The molecule has 1 saturated carbocycles.